The number of hydrogen-bond donors (Lipinski definition) is 1. The molecule has 0 unspecified atom stereocenters. The van der Waals surface area contributed by atoms with Crippen molar-refractivity contribution in [2.75, 3.05) is 19.5 Å². The van der Waals surface area contributed by atoms with Crippen molar-refractivity contribution >= 4 is 17.6 Å². The monoisotopic (exact) mass is 425 g/mol. The van der Waals surface area contributed by atoms with E-state index in [4.69, 9.17) is 14.2 Å². The van der Waals surface area contributed by atoms with E-state index >= 15 is 0 Å². The van der Waals surface area contributed by atoms with Crippen molar-refractivity contribution in [3.63, 3.8) is 0 Å². The molecule has 2 aromatic rings. The van der Waals surface area contributed by atoms with Gasteiger partial charge in [-0.3, -0.25) is 9.59 Å². The normalized spacial score (nSPS) is 12.1. The zero-order valence-electron chi connectivity index (χ0n) is 16.7. The lowest BCUT2D eigenvalue weighted by Gasteiger charge is -2.15. The maximum Gasteiger partial charge on any atom is 0.416 e. The number of anilines is 1. The average Bonchev–Trinajstić information content (AvgIpc) is 2.71. The first-order chi connectivity index (χ1) is 14.1. The van der Waals surface area contributed by atoms with E-state index < -0.39 is 29.7 Å². The average molecular weight is 425 g/mol. The summed E-state index contributed by atoms with van der Waals surface area (Å²) in [6.45, 7) is 1.34. The topological polar surface area (TPSA) is 73.9 Å². The molecular formula is C21H22F3NO5. The Kier molecular flexibility index (Phi) is 7.68. The maximum atomic E-state index is 12.8. The molecule has 1 N–H and O–H groups in total. The highest BCUT2D eigenvalue weighted by molar-refractivity contribution is 5.95. The van der Waals surface area contributed by atoms with Gasteiger partial charge in [0, 0.05) is 12.1 Å². The number of alkyl halides is 3. The van der Waals surface area contributed by atoms with Crippen molar-refractivity contribution in [2.45, 2.75) is 32.0 Å². The number of aryl methyl sites for hydroxylation is 1. The summed E-state index contributed by atoms with van der Waals surface area (Å²) in [5.74, 6) is -0.258. The maximum absolute atomic E-state index is 12.8. The molecule has 30 heavy (non-hydrogen) atoms. The number of carbonyl (C=O) groups is 2. The van der Waals surface area contributed by atoms with Crippen LogP contribution in [0.5, 0.6) is 11.5 Å². The Labute approximate surface area is 171 Å². The highest BCUT2D eigenvalue weighted by Crippen LogP contribution is 2.31. The van der Waals surface area contributed by atoms with Crippen molar-refractivity contribution in [3.05, 3.63) is 53.6 Å². The van der Waals surface area contributed by atoms with Crippen LogP contribution in [0.3, 0.4) is 0 Å². The number of methoxy groups -OCH3 is 2. The fourth-order valence-electron chi connectivity index (χ4n) is 2.61. The molecule has 0 radical (unpaired) electrons. The minimum absolute atomic E-state index is 0.0106. The fraction of sp³-hybridized carbons (Fsp3) is 0.333. The van der Waals surface area contributed by atoms with Crippen LogP contribution < -0.4 is 14.8 Å². The Morgan fingerprint density at radius 2 is 1.73 bits per heavy atom. The van der Waals surface area contributed by atoms with Gasteiger partial charge in [0.05, 0.1) is 19.8 Å². The second-order valence-electron chi connectivity index (χ2n) is 6.39. The summed E-state index contributed by atoms with van der Waals surface area (Å²) in [4.78, 5) is 24.2. The third kappa shape index (κ3) is 6.40. The largest absolute Gasteiger partial charge is 0.493 e. The summed E-state index contributed by atoms with van der Waals surface area (Å²) in [5.41, 5.74) is -0.117. The summed E-state index contributed by atoms with van der Waals surface area (Å²) in [6.07, 6.45) is -5.33. The molecule has 2 rings (SSSR count). The first kappa shape index (κ1) is 23.1. The van der Waals surface area contributed by atoms with Gasteiger partial charge in [-0.25, -0.2) is 0 Å². The minimum atomic E-state index is -4.52. The lowest BCUT2D eigenvalue weighted by atomic mass is 10.1. The lowest BCUT2D eigenvalue weighted by molar-refractivity contribution is -0.153. The molecule has 0 aliphatic carbocycles. The predicted molar refractivity (Wildman–Crippen MR) is 103 cm³/mol. The zero-order valence-corrected chi connectivity index (χ0v) is 16.7. The van der Waals surface area contributed by atoms with Crippen molar-refractivity contribution < 1.29 is 37.0 Å². The van der Waals surface area contributed by atoms with E-state index in [1.54, 1.807) is 18.2 Å². The number of hydrogen-bond acceptors (Lipinski definition) is 5. The minimum Gasteiger partial charge on any atom is -0.493 e. The van der Waals surface area contributed by atoms with Crippen LogP contribution in [0.4, 0.5) is 18.9 Å². The molecule has 0 saturated carbocycles. The Balaban J connectivity index is 1.89. The SMILES string of the molecule is COc1ccc(CCC(=O)O[C@H](C)C(=O)Nc2cccc(C(F)(F)F)c2)cc1OC. The molecule has 6 nitrogen and oxygen atoms in total. The number of halogens is 3. The van der Waals surface area contributed by atoms with Gasteiger partial charge in [-0.05, 0) is 49.2 Å². The van der Waals surface area contributed by atoms with Gasteiger partial charge in [0.15, 0.2) is 17.6 Å². The van der Waals surface area contributed by atoms with Gasteiger partial charge in [-0.15, -0.1) is 0 Å². The van der Waals surface area contributed by atoms with E-state index in [1.165, 1.54) is 33.3 Å². The summed E-state index contributed by atoms with van der Waals surface area (Å²) in [5, 5.41) is 2.31. The van der Waals surface area contributed by atoms with Crippen molar-refractivity contribution in [3.8, 4) is 11.5 Å². The third-order valence-electron chi connectivity index (χ3n) is 4.20. The van der Waals surface area contributed by atoms with Crippen molar-refractivity contribution in [1.82, 2.24) is 0 Å². The van der Waals surface area contributed by atoms with Crippen LogP contribution in [-0.2, 0) is 26.9 Å². The number of benzene rings is 2. The van der Waals surface area contributed by atoms with Crippen molar-refractivity contribution in [1.29, 1.82) is 0 Å². The molecule has 1 atom stereocenters. The molecule has 0 aliphatic heterocycles. The smallest absolute Gasteiger partial charge is 0.416 e. The van der Waals surface area contributed by atoms with Gasteiger partial charge in [0.25, 0.3) is 5.91 Å². The second-order valence-corrected chi connectivity index (χ2v) is 6.39. The summed E-state index contributed by atoms with van der Waals surface area (Å²) in [6, 6.07) is 9.42. The fourth-order valence-corrected chi connectivity index (χ4v) is 2.61. The molecule has 9 heteroatoms. The molecule has 0 spiro atoms. The van der Waals surface area contributed by atoms with Crippen LogP contribution in [0.15, 0.2) is 42.5 Å². The summed E-state index contributed by atoms with van der Waals surface area (Å²) < 4.78 is 53.7. The van der Waals surface area contributed by atoms with Crippen LogP contribution in [0.2, 0.25) is 0 Å². The number of esters is 1. The predicted octanol–water partition coefficient (Wildman–Crippen LogP) is 4.23. The van der Waals surface area contributed by atoms with Crippen LogP contribution >= 0.6 is 0 Å². The second kappa shape index (κ2) is 10.00. The molecule has 1 amide bonds. The number of ether oxygens (including phenoxy) is 3. The highest BCUT2D eigenvalue weighted by atomic mass is 19.4. The van der Waals surface area contributed by atoms with Crippen LogP contribution in [0.25, 0.3) is 0 Å². The first-order valence-electron chi connectivity index (χ1n) is 9.02. The molecule has 0 aliphatic rings. The molecule has 0 bridgehead atoms. The molecular weight excluding hydrogens is 403 g/mol. The Hall–Kier alpha value is -3.23. The number of carbonyl (C=O) groups excluding carboxylic acids is 2. The van der Waals surface area contributed by atoms with Gasteiger partial charge in [-0.2, -0.15) is 13.2 Å². The van der Waals surface area contributed by atoms with E-state index in [0.29, 0.717) is 17.9 Å². The van der Waals surface area contributed by atoms with E-state index in [0.717, 1.165) is 17.7 Å². The van der Waals surface area contributed by atoms with Gasteiger partial charge >= 0.3 is 12.1 Å². The molecule has 0 heterocycles. The molecule has 0 fully saturated rings. The quantitative estimate of drug-likeness (QED) is 0.641. The standard InChI is InChI=1S/C21H22F3NO5/c1-13(20(27)25-16-6-4-5-15(12-16)21(22,23)24)30-19(26)10-8-14-7-9-17(28-2)18(11-14)29-3/h4-7,9,11-13H,8,10H2,1-3H3,(H,25,27)/t13-/m1/s1. The van der Waals surface area contributed by atoms with E-state index in [-0.39, 0.29) is 12.1 Å². The molecule has 0 saturated heterocycles. The Morgan fingerprint density at radius 3 is 2.37 bits per heavy atom. The Bertz CT molecular complexity index is 898. The summed E-state index contributed by atoms with van der Waals surface area (Å²) in [7, 11) is 3.02. The van der Waals surface area contributed by atoms with Gasteiger partial charge in [0.1, 0.15) is 0 Å². The number of rotatable bonds is 8. The number of nitrogens with one attached hydrogen (secondary N) is 1. The molecule has 0 aromatic heterocycles. The summed E-state index contributed by atoms with van der Waals surface area (Å²) >= 11 is 0. The third-order valence-corrected chi connectivity index (χ3v) is 4.20. The zero-order chi connectivity index (χ0) is 22.3. The van der Waals surface area contributed by atoms with Gasteiger partial charge in [0.2, 0.25) is 0 Å². The van der Waals surface area contributed by atoms with E-state index in [1.807, 2.05) is 0 Å². The van der Waals surface area contributed by atoms with Gasteiger partial charge < -0.3 is 19.5 Å². The molecule has 2 aromatic carbocycles. The van der Waals surface area contributed by atoms with Crippen LogP contribution in [-0.4, -0.2) is 32.2 Å². The number of amides is 1. The first-order valence-corrected chi connectivity index (χ1v) is 9.02. The lowest BCUT2D eigenvalue weighted by Crippen LogP contribution is -2.30. The van der Waals surface area contributed by atoms with Crippen molar-refractivity contribution in [2.24, 2.45) is 0 Å². The Morgan fingerprint density at radius 1 is 1.03 bits per heavy atom. The molecule has 162 valence electrons. The van der Waals surface area contributed by atoms with Crippen LogP contribution in [0.1, 0.15) is 24.5 Å². The van der Waals surface area contributed by atoms with Crippen LogP contribution in [0, 0.1) is 0 Å². The van der Waals surface area contributed by atoms with E-state index in [9.17, 15) is 22.8 Å². The van der Waals surface area contributed by atoms with E-state index in [2.05, 4.69) is 5.32 Å². The van der Waals surface area contributed by atoms with Gasteiger partial charge in [-0.1, -0.05) is 12.1 Å². The highest BCUT2D eigenvalue weighted by Gasteiger charge is 2.30.